The van der Waals surface area contributed by atoms with Crippen molar-refractivity contribution in [1.82, 2.24) is 0 Å². The molecule has 0 aromatic carbocycles. The molecule has 2 saturated carbocycles. The van der Waals surface area contributed by atoms with Crippen molar-refractivity contribution >= 4 is 0 Å². The van der Waals surface area contributed by atoms with Gasteiger partial charge in [-0.15, -0.1) is 0 Å². The molecule has 1 N–H and O–H groups in total. The van der Waals surface area contributed by atoms with Gasteiger partial charge in [0.15, 0.2) is 5.79 Å². The first-order valence-corrected chi connectivity index (χ1v) is 6.04. The molecule has 1 aliphatic heterocycles. The number of hydrogen-bond donors (Lipinski definition) is 1. The summed E-state index contributed by atoms with van der Waals surface area (Å²) < 4.78 is 11.4. The Morgan fingerprint density at radius 3 is 1.93 bits per heavy atom. The number of rotatable bonds is 0. The van der Waals surface area contributed by atoms with Crippen LogP contribution in [0.4, 0.5) is 0 Å². The molecule has 3 rings (SSSR count). The molecule has 3 fully saturated rings. The van der Waals surface area contributed by atoms with E-state index >= 15 is 0 Å². The summed E-state index contributed by atoms with van der Waals surface area (Å²) in [7, 11) is 0. The van der Waals surface area contributed by atoms with Gasteiger partial charge in [0.1, 0.15) is 0 Å². The second kappa shape index (κ2) is 2.96. The van der Waals surface area contributed by atoms with Gasteiger partial charge in [-0.05, 0) is 38.0 Å². The average Bonchev–Trinajstić information content (AvgIpc) is 2.57. The lowest BCUT2D eigenvalue weighted by Crippen LogP contribution is -2.53. The molecule has 0 radical (unpaired) electrons. The van der Waals surface area contributed by atoms with E-state index < -0.39 is 5.60 Å². The summed E-state index contributed by atoms with van der Waals surface area (Å²) in [6.07, 6.45) is 6.28. The zero-order valence-corrected chi connectivity index (χ0v) is 9.42. The highest BCUT2D eigenvalue weighted by atomic mass is 16.7. The molecule has 1 heterocycles. The van der Waals surface area contributed by atoms with E-state index in [2.05, 4.69) is 0 Å². The van der Waals surface area contributed by atoms with Crippen LogP contribution in [0, 0.1) is 5.41 Å². The van der Waals surface area contributed by atoms with Gasteiger partial charge in [-0.25, -0.2) is 0 Å². The third kappa shape index (κ3) is 1.61. The standard InChI is InChI=1S/C12H20O3/c1-10(13)8-11(9-10)2-4-12(5-3-11)14-6-7-15-12/h13H,2-9H2,1H3. The quantitative estimate of drug-likeness (QED) is 0.666. The van der Waals surface area contributed by atoms with E-state index in [9.17, 15) is 5.11 Å². The molecule has 1 saturated heterocycles. The van der Waals surface area contributed by atoms with Crippen LogP contribution in [0.2, 0.25) is 0 Å². The SMILES string of the molecule is CC1(O)CC2(CCC3(CC2)OCCO3)C1. The second-order valence-corrected chi connectivity index (χ2v) is 5.96. The van der Waals surface area contributed by atoms with Gasteiger partial charge in [0.2, 0.25) is 0 Å². The van der Waals surface area contributed by atoms with Crippen molar-refractivity contribution in [2.24, 2.45) is 5.41 Å². The summed E-state index contributed by atoms with van der Waals surface area (Å²) in [5, 5.41) is 9.82. The van der Waals surface area contributed by atoms with Crippen molar-refractivity contribution in [3.8, 4) is 0 Å². The lowest BCUT2D eigenvalue weighted by Gasteiger charge is -2.56. The fourth-order valence-electron chi connectivity index (χ4n) is 3.86. The Morgan fingerprint density at radius 2 is 1.47 bits per heavy atom. The first-order chi connectivity index (χ1) is 7.04. The number of hydrogen-bond acceptors (Lipinski definition) is 3. The van der Waals surface area contributed by atoms with Crippen LogP contribution >= 0.6 is 0 Å². The smallest absolute Gasteiger partial charge is 0.168 e. The molecule has 0 aromatic heterocycles. The fraction of sp³-hybridized carbons (Fsp3) is 1.00. The Labute approximate surface area is 90.8 Å². The summed E-state index contributed by atoms with van der Waals surface area (Å²) in [6, 6.07) is 0. The minimum absolute atomic E-state index is 0.243. The van der Waals surface area contributed by atoms with Crippen molar-refractivity contribution in [1.29, 1.82) is 0 Å². The second-order valence-electron chi connectivity index (χ2n) is 5.96. The molecule has 2 spiro atoms. The Bertz CT molecular complexity index is 246. The fourth-order valence-corrected chi connectivity index (χ4v) is 3.86. The van der Waals surface area contributed by atoms with Gasteiger partial charge in [0.25, 0.3) is 0 Å². The van der Waals surface area contributed by atoms with Crippen LogP contribution in [-0.2, 0) is 9.47 Å². The minimum Gasteiger partial charge on any atom is -0.390 e. The predicted octanol–water partition coefficient (Wildman–Crippen LogP) is 1.83. The van der Waals surface area contributed by atoms with Crippen LogP contribution in [0.5, 0.6) is 0 Å². The lowest BCUT2D eigenvalue weighted by atomic mass is 9.53. The number of ether oxygens (including phenoxy) is 2. The van der Waals surface area contributed by atoms with Gasteiger partial charge in [0, 0.05) is 12.8 Å². The van der Waals surface area contributed by atoms with Gasteiger partial charge in [-0.3, -0.25) is 0 Å². The van der Waals surface area contributed by atoms with Crippen LogP contribution in [0.3, 0.4) is 0 Å². The summed E-state index contributed by atoms with van der Waals surface area (Å²) in [6.45, 7) is 3.46. The van der Waals surface area contributed by atoms with E-state index in [-0.39, 0.29) is 5.79 Å². The van der Waals surface area contributed by atoms with Crippen LogP contribution in [0.25, 0.3) is 0 Å². The first-order valence-electron chi connectivity index (χ1n) is 6.04. The third-order valence-electron chi connectivity index (χ3n) is 4.40. The molecule has 3 heteroatoms. The minimum atomic E-state index is -0.401. The molecular weight excluding hydrogens is 192 g/mol. The van der Waals surface area contributed by atoms with Gasteiger partial charge >= 0.3 is 0 Å². The lowest BCUT2D eigenvalue weighted by molar-refractivity contribution is -0.220. The van der Waals surface area contributed by atoms with Crippen molar-refractivity contribution in [2.45, 2.75) is 56.8 Å². The Kier molecular flexibility index (Phi) is 1.99. The maximum atomic E-state index is 9.82. The first kappa shape index (κ1) is 10.1. The molecule has 15 heavy (non-hydrogen) atoms. The normalized spacial score (nSPS) is 35.6. The number of aliphatic hydroxyl groups is 1. The molecule has 2 aliphatic carbocycles. The highest BCUT2D eigenvalue weighted by Crippen LogP contribution is 2.58. The van der Waals surface area contributed by atoms with Crippen LogP contribution in [-0.4, -0.2) is 29.7 Å². The molecule has 3 nitrogen and oxygen atoms in total. The zero-order valence-electron chi connectivity index (χ0n) is 9.42. The van der Waals surface area contributed by atoms with Gasteiger partial charge in [-0.1, -0.05) is 0 Å². The molecule has 0 atom stereocenters. The largest absolute Gasteiger partial charge is 0.390 e. The van der Waals surface area contributed by atoms with Crippen molar-refractivity contribution < 1.29 is 14.6 Å². The molecule has 3 aliphatic rings. The van der Waals surface area contributed by atoms with Crippen LogP contribution < -0.4 is 0 Å². The highest BCUT2D eigenvalue weighted by Gasteiger charge is 2.55. The Hall–Kier alpha value is -0.120. The topological polar surface area (TPSA) is 38.7 Å². The van der Waals surface area contributed by atoms with E-state index in [4.69, 9.17) is 9.47 Å². The van der Waals surface area contributed by atoms with Crippen molar-refractivity contribution in [2.75, 3.05) is 13.2 Å². The summed E-state index contributed by atoms with van der Waals surface area (Å²) in [4.78, 5) is 0. The van der Waals surface area contributed by atoms with E-state index in [1.54, 1.807) is 0 Å². The van der Waals surface area contributed by atoms with E-state index in [0.717, 1.165) is 51.7 Å². The van der Waals surface area contributed by atoms with Gasteiger partial charge < -0.3 is 14.6 Å². The molecule has 0 aromatic rings. The van der Waals surface area contributed by atoms with E-state index in [0.29, 0.717) is 5.41 Å². The van der Waals surface area contributed by atoms with Gasteiger partial charge in [-0.2, -0.15) is 0 Å². The third-order valence-corrected chi connectivity index (χ3v) is 4.40. The maximum Gasteiger partial charge on any atom is 0.168 e. The molecule has 0 bridgehead atoms. The van der Waals surface area contributed by atoms with E-state index in [1.807, 2.05) is 6.92 Å². The van der Waals surface area contributed by atoms with Crippen LogP contribution in [0.1, 0.15) is 45.4 Å². The molecular formula is C12H20O3. The van der Waals surface area contributed by atoms with Crippen LogP contribution in [0.15, 0.2) is 0 Å². The Balaban J connectivity index is 1.62. The maximum absolute atomic E-state index is 9.82. The molecule has 0 amide bonds. The summed E-state index contributed by atoms with van der Waals surface area (Å²) in [5.41, 5.74) is 0.00591. The van der Waals surface area contributed by atoms with Gasteiger partial charge in [0.05, 0.1) is 18.8 Å². The Morgan fingerprint density at radius 1 is 0.933 bits per heavy atom. The highest BCUT2D eigenvalue weighted by molar-refractivity contribution is 5.05. The molecule has 86 valence electrons. The van der Waals surface area contributed by atoms with Crippen molar-refractivity contribution in [3.05, 3.63) is 0 Å². The van der Waals surface area contributed by atoms with E-state index in [1.165, 1.54) is 0 Å². The summed E-state index contributed by atoms with van der Waals surface area (Å²) >= 11 is 0. The predicted molar refractivity (Wildman–Crippen MR) is 55.4 cm³/mol. The monoisotopic (exact) mass is 212 g/mol. The summed E-state index contributed by atoms with van der Waals surface area (Å²) in [5.74, 6) is -0.243. The average molecular weight is 212 g/mol. The molecule has 0 unspecified atom stereocenters. The zero-order chi connectivity index (χ0) is 10.6. The van der Waals surface area contributed by atoms with Crippen molar-refractivity contribution in [3.63, 3.8) is 0 Å².